The first-order chi connectivity index (χ1) is 9.20. The Kier molecular flexibility index (Phi) is 5.82. The molecule has 0 bridgehead atoms. The maximum atomic E-state index is 6.19. The van der Waals surface area contributed by atoms with Crippen molar-refractivity contribution in [1.82, 2.24) is 10.3 Å². The minimum atomic E-state index is 0.261. The minimum absolute atomic E-state index is 0.261. The average Bonchev–Trinajstić information content (AvgIpc) is 2.91. The van der Waals surface area contributed by atoms with Crippen molar-refractivity contribution in [2.75, 3.05) is 6.54 Å². The monoisotopic (exact) mass is 358 g/mol. The average molecular weight is 360 g/mol. The molecule has 1 unspecified atom stereocenters. The molecule has 2 rings (SSSR count). The zero-order valence-corrected chi connectivity index (χ0v) is 13.9. The number of nitrogens with one attached hydrogen (secondary N) is 1. The molecule has 0 saturated heterocycles. The van der Waals surface area contributed by atoms with Gasteiger partial charge in [-0.3, -0.25) is 0 Å². The van der Waals surface area contributed by atoms with Gasteiger partial charge in [-0.25, -0.2) is 4.98 Å². The smallest absolute Gasteiger partial charge is 0.0943 e. The summed E-state index contributed by atoms with van der Waals surface area (Å²) in [6.07, 6.45) is 3.86. The van der Waals surface area contributed by atoms with Gasteiger partial charge in [0, 0.05) is 28.5 Å². The van der Waals surface area contributed by atoms with Crippen molar-refractivity contribution in [3.05, 3.63) is 49.8 Å². The summed E-state index contributed by atoms with van der Waals surface area (Å²) in [5.41, 5.74) is 1.21. The van der Waals surface area contributed by atoms with Gasteiger partial charge in [-0.1, -0.05) is 24.6 Å². The molecule has 2 aromatic rings. The van der Waals surface area contributed by atoms with Crippen LogP contribution in [0, 0.1) is 0 Å². The molecular weight excluding hydrogens is 344 g/mol. The Morgan fingerprint density at radius 2 is 2.32 bits per heavy atom. The van der Waals surface area contributed by atoms with Crippen LogP contribution in [0.25, 0.3) is 0 Å². The minimum Gasteiger partial charge on any atom is -0.310 e. The van der Waals surface area contributed by atoms with Gasteiger partial charge in [0.25, 0.3) is 0 Å². The molecule has 0 aliphatic rings. The molecule has 5 heteroatoms. The van der Waals surface area contributed by atoms with Crippen LogP contribution in [0.2, 0.25) is 5.02 Å². The first kappa shape index (κ1) is 15.0. The molecule has 1 N–H and O–H groups in total. The largest absolute Gasteiger partial charge is 0.310 e. The highest BCUT2D eigenvalue weighted by Gasteiger charge is 2.14. The number of hydrogen-bond acceptors (Lipinski definition) is 3. The highest BCUT2D eigenvalue weighted by atomic mass is 79.9. The van der Waals surface area contributed by atoms with Gasteiger partial charge in [0.2, 0.25) is 0 Å². The van der Waals surface area contributed by atoms with E-state index in [9.17, 15) is 0 Å². The second-order valence-electron chi connectivity index (χ2n) is 4.31. The number of rotatable bonds is 6. The van der Waals surface area contributed by atoms with Gasteiger partial charge in [0.05, 0.1) is 10.0 Å². The molecule has 2 nitrogen and oxygen atoms in total. The van der Waals surface area contributed by atoms with Crippen molar-refractivity contribution >= 4 is 38.9 Å². The second-order valence-corrected chi connectivity index (χ2v) is 6.55. The SMILES string of the molecule is CCCNC(Cc1nccs1)c1ccc(Br)c(Cl)c1. The zero-order chi connectivity index (χ0) is 13.7. The number of nitrogens with zero attached hydrogens (tertiary/aromatic N) is 1. The van der Waals surface area contributed by atoms with E-state index < -0.39 is 0 Å². The quantitative estimate of drug-likeness (QED) is 0.798. The fourth-order valence-corrected chi connectivity index (χ4v) is 2.98. The van der Waals surface area contributed by atoms with Crippen molar-refractivity contribution < 1.29 is 0 Å². The van der Waals surface area contributed by atoms with Crippen LogP contribution < -0.4 is 5.32 Å². The molecule has 0 spiro atoms. The highest BCUT2D eigenvalue weighted by molar-refractivity contribution is 9.10. The normalized spacial score (nSPS) is 12.6. The molecule has 1 atom stereocenters. The van der Waals surface area contributed by atoms with Crippen LogP contribution in [-0.4, -0.2) is 11.5 Å². The summed E-state index contributed by atoms with van der Waals surface area (Å²) in [7, 11) is 0. The number of halogens is 2. The molecule has 0 amide bonds. The maximum Gasteiger partial charge on any atom is 0.0943 e. The third kappa shape index (κ3) is 4.28. The van der Waals surface area contributed by atoms with Crippen molar-refractivity contribution in [2.24, 2.45) is 0 Å². The zero-order valence-electron chi connectivity index (χ0n) is 10.7. The Morgan fingerprint density at radius 1 is 1.47 bits per heavy atom. The predicted molar refractivity (Wildman–Crippen MR) is 86.0 cm³/mol. The van der Waals surface area contributed by atoms with Crippen molar-refractivity contribution in [1.29, 1.82) is 0 Å². The van der Waals surface area contributed by atoms with Gasteiger partial charge in [0.15, 0.2) is 0 Å². The molecule has 0 saturated carbocycles. The van der Waals surface area contributed by atoms with E-state index in [1.54, 1.807) is 11.3 Å². The van der Waals surface area contributed by atoms with Crippen LogP contribution in [0.5, 0.6) is 0 Å². The van der Waals surface area contributed by atoms with E-state index in [-0.39, 0.29) is 6.04 Å². The molecule has 0 radical (unpaired) electrons. The first-order valence-corrected chi connectivity index (χ1v) is 8.32. The molecular formula is C14H16BrClN2S. The van der Waals surface area contributed by atoms with E-state index in [1.807, 2.05) is 23.7 Å². The summed E-state index contributed by atoms with van der Waals surface area (Å²) in [6.45, 7) is 3.16. The number of thiazole rings is 1. The van der Waals surface area contributed by atoms with Crippen LogP contribution >= 0.6 is 38.9 Å². The molecule has 1 heterocycles. The van der Waals surface area contributed by atoms with Crippen LogP contribution in [0.15, 0.2) is 34.2 Å². The van der Waals surface area contributed by atoms with Crippen LogP contribution in [-0.2, 0) is 6.42 Å². The predicted octanol–water partition coefficient (Wildman–Crippen LogP) is 4.84. The van der Waals surface area contributed by atoms with Crippen molar-refractivity contribution in [3.63, 3.8) is 0 Å². The van der Waals surface area contributed by atoms with Crippen LogP contribution in [0.3, 0.4) is 0 Å². The lowest BCUT2D eigenvalue weighted by Gasteiger charge is -2.18. The maximum absolute atomic E-state index is 6.19. The molecule has 0 aliphatic heterocycles. The fraction of sp³-hybridized carbons (Fsp3) is 0.357. The summed E-state index contributed by atoms with van der Waals surface area (Å²) in [5, 5.41) is 7.47. The van der Waals surface area contributed by atoms with Crippen LogP contribution in [0.4, 0.5) is 0 Å². The highest BCUT2D eigenvalue weighted by Crippen LogP contribution is 2.28. The third-order valence-corrected chi connectivity index (χ3v) is 4.88. The lowest BCUT2D eigenvalue weighted by Crippen LogP contribution is -2.24. The Balaban J connectivity index is 2.18. The first-order valence-electron chi connectivity index (χ1n) is 6.27. The van der Waals surface area contributed by atoms with Gasteiger partial charge in [-0.15, -0.1) is 11.3 Å². The van der Waals surface area contributed by atoms with E-state index in [1.165, 1.54) is 5.56 Å². The molecule has 102 valence electrons. The lowest BCUT2D eigenvalue weighted by molar-refractivity contribution is 0.528. The molecule has 0 fully saturated rings. The summed E-state index contributed by atoms with van der Waals surface area (Å²) < 4.78 is 0.932. The topological polar surface area (TPSA) is 24.9 Å². The van der Waals surface area contributed by atoms with Gasteiger partial charge < -0.3 is 5.32 Å². The standard InChI is InChI=1S/C14H16BrClN2S/c1-2-5-17-13(9-14-18-6-7-19-14)10-3-4-11(15)12(16)8-10/h3-4,6-8,13,17H,2,5,9H2,1H3. The number of benzene rings is 1. The summed E-state index contributed by atoms with van der Waals surface area (Å²) in [6, 6.07) is 6.39. The molecule has 19 heavy (non-hydrogen) atoms. The number of aromatic nitrogens is 1. The van der Waals surface area contributed by atoms with E-state index in [0.29, 0.717) is 0 Å². The van der Waals surface area contributed by atoms with Crippen LogP contribution in [0.1, 0.15) is 30.0 Å². The van der Waals surface area contributed by atoms with E-state index in [4.69, 9.17) is 11.6 Å². The summed E-state index contributed by atoms with van der Waals surface area (Å²) >= 11 is 11.3. The third-order valence-electron chi connectivity index (χ3n) is 2.85. The van der Waals surface area contributed by atoms with E-state index >= 15 is 0 Å². The lowest BCUT2D eigenvalue weighted by atomic mass is 10.0. The van der Waals surface area contributed by atoms with E-state index in [2.05, 4.69) is 39.2 Å². The summed E-state index contributed by atoms with van der Waals surface area (Å²) in [4.78, 5) is 4.37. The van der Waals surface area contributed by atoms with Crippen molar-refractivity contribution in [2.45, 2.75) is 25.8 Å². The second kappa shape index (κ2) is 7.39. The van der Waals surface area contributed by atoms with Gasteiger partial charge in [0.1, 0.15) is 0 Å². The van der Waals surface area contributed by atoms with Crippen molar-refractivity contribution in [3.8, 4) is 0 Å². The van der Waals surface area contributed by atoms with Gasteiger partial charge in [-0.2, -0.15) is 0 Å². The molecule has 1 aromatic carbocycles. The van der Waals surface area contributed by atoms with Gasteiger partial charge in [-0.05, 0) is 46.6 Å². The number of hydrogen-bond donors (Lipinski definition) is 1. The summed E-state index contributed by atoms with van der Waals surface area (Å²) in [5.74, 6) is 0. The van der Waals surface area contributed by atoms with Gasteiger partial charge >= 0.3 is 0 Å². The fourth-order valence-electron chi connectivity index (χ4n) is 1.88. The Bertz CT molecular complexity index is 516. The molecule has 0 aliphatic carbocycles. The Morgan fingerprint density at radius 3 is 2.95 bits per heavy atom. The Hall–Kier alpha value is -0.420. The van der Waals surface area contributed by atoms with E-state index in [0.717, 1.165) is 33.9 Å². The Labute approximate surface area is 131 Å². The molecule has 1 aromatic heterocycles.